The molecule has 1 heterocycles. The number of hydrogen-bond acceptors (Lipinski definition) is 7. The van der Waals surface area contributed by atoms with E-state index in [0.29, 0.717) is 18.4 Å². The molecule has 4 N–H and O–H groups in total. The number of methoxy groups -OCH3 is 1. The number of nitrogens with one attached hydrogen (secondary N) is 4. The van der Waals surface area contributed by atoms with Gasteiger partial charge in [0, 0.05) is 17.9 Å². The normalized spacial score (nSPS) is 20.0. The van der Waals surface area contributed by atoms with Crippen molar-refractivity contribution in [3.63, 3.8) is 0 Å². The Labute approximate surface area is 246 Å². The van der Waals surface area contributed by atoms with Crippen LogP contribution < -0.4 is 21.3 Å². The molecule has 4 atom stereocenters. The highest BCUT2D eigenvalue weighted by molar-refractivity contribution is 5.93. The lowest BCUT2D eigenvalue weighted by Crippen LogP contribution is -2.57. The first-order valence-electron chi connectivity index (χ1n) is 14.3. The molecule has 42 heavy (non-hydrogen) atoms. The monoisotopic (exact) mass is 590 g/mol. The van der Waals surface area contributed by atoms with E-state index in [1.165, 1.54) is 31.4 Å². The van der Waals surface area contributed by atoms with Crippen molar-refractivity contribution in [2.24, 2.45) is 11.8 Å². The van der Waals surface area contributed by atoms with Crippen LogP contribution in [0.3, 0.4) is 0 Å². The fraction of sp³-hybridized carbons (Fsp3) is 0.633. The minimum absolute atomic E-state index is 0.0144. The van der Waals surface area contributed by atoms with Gasteiger partial charge in [0.1, 0.15) is 29.5 Å². The van der Waals surface area contributed by atoms with Gasteiger partial charge in [0.25, 0.3) is 0 Å². The van der Waals surface area contributed by atoms with E-state index in [0.717, 1.165) is 12.8 Å². The number of alkyl carbamates (subject to hydrolysis) is 1. The Kier molecular flexibility index (Phi) is 10.6. The lowest BCUT2D eigenvalue weighted by Gasteiger charge is -2.26. The van der Waals surface area contributed by atoms with Gasteiger partial charge in [-0.2, -0.15) is 0 Å². The van der Waals surface area contributed by atoms with Gasteiger partial charge in [-0.1, -0.05) is 25.0 Å². The average molecular weight is 591 g/mol. The van der Waals surface area contributed by atoms with Crippen molar-refractivity contribution in [3.8, 4) is 0 Å². The molecule has 1 saturated heterocycles. The van der Waals surface area contributed by atoms with Gasteiger partial charge in [0.05, 0.1) is 7.11 Å². The number of benzene rings is 1. The van der Waals surface area contributed by atoms with Gasteiger partial charge in [-0.25, -0.2) is 14.0 Å². The second kappa shape index (κ2) is 13.5. The molecule has 3 rings (SSSR count). The zero-order chi connectivity index (χ0) is 31.2. The first-order chi connectivity index (χ1) is 19.5. The van der Waals surface area contributed by atoms with E-state index in [1.807, 2.05) is 13.8 Å². The van der Waals surface area contributed by atoms with Crippen LogP contribution in [0.1, 0.15) is 72.3 Å². The summed E-state index contributed by atoms with van der Waals surface area (Å²) in [7, 11) is 1.20. The van der Waals surface area contributed by atoms with Crippen LogP contribution in [0.5, 0.6) is 0 Å². The summed E-state index contributed by atoms with van der Waals surface area (Å²) in [5, 5.41) is 10.9. The minimum atomic E-state index is -1.14. The number of carbonyl (C=O) groups is 5. The average Bonchev–Trinajstić information content (AvgIpc) is 3.65. The predicted molar refractivity (Wildman–Crippen MR) is 151 cm³/mol. The second-order valence-electron chi connectivity index (χ2n) is 12.9. The summed E-state index contributed by atoms with van der Waals surface area (Å²) < 4.78 is 23.7. The van der Waals surface area contributed by atoms with Gasteiger partial charge >= 0.3 is 12.1 Å². The fourth-order valence-electron chi connectivity index (χ4n) is 5.00. The molecule has 1 aromatic rings. The maximum atomic E-state index is 13.5. The number of rotatable bonds is 12. The standard InChI is InChI=1S/C30H43FN4O7/c1-29(2,3)42-28(40)34-22(14-18-9-11-20(31)12-10-18)26(38)32-21(13-17-7-8-17)25(37)33-23(27(39)41-6)15-19-16-30(4,5)35-24(19)36/h9-12,17,19,21-23H,7-8,13-16H2,1-6H3,(H,32,38)(H,33,37)(H,34,40)(H,35,36)/t19-,21+,22+,23+/m1/s1. The summed E-state index contributed by atoms with van der Waals surface area (Å²) in [5.74, 6) is -2.87. The Balaban J connectivity index is 1.76. The largest absolute Gasteiger partial charge is 0.467 e. The summed E-state index contributed by atoms with van der Waals surface area (Å²) in [4.78, 5) is 64.7. The molecule has 0 aromatic heterocycles. The van der Waals surface area contributed by atoms with E-state index in [-0.39, 0.29) is 24.7 Å². The van der Waals surface area contributed by atoms with Crippen LogP contribution in [-0.2, 0) is 35.1 Å². The van der Waals surface area contributed by atoms with E-state index >= 15 is 0 Å². The smallest absolute Gasteiger partial charge is 0.408 e. The van der Waals surface area contributed by atoms with Crippen LogP contribution in [0.4, 0.5) is 9.18 Å². The van der Waals surface area contributed by atoms with E-state index in [2.05, 4.69) is 21.3 Å². The Morgan fingerprint density at radius 1 is 0.976 bits per heavy atom. The number of ether oxygens (including phenoxy) is 2. The molecule has 0 spiro atoms. The SMILES string of the molecule is COC(=O)[C@H](C[C@@H]1CC(C)(C)NC1=O)NC(=O)[C@H](CC1CC1)NC(=O)[C@H](Cc1ccc(F)cc1)NC(=O)OC(C)(C)C. The lowest BCUT2D eigenvalue weighted by molar-refractivity contribution is -0.146. The Morgan fingerprint density at radius 2 is 1.57 bits per heavy atom. The third-order valence-corrected chi connectivity index (χ3v) is 7.17. The number of esters is 1. The highest BCUT2D eigenvalue weighted by Gasteiger charge is 2.41. The van der Waals surface area contributed by atoms with Crippen LogP contribution in [0.15, 0.2) is 24.3 Å². The third-order valence-electron chi connectivity index (χ3n) is 7.17. The summed E-state index contributed by atoms with van der Waals surface area (Å²) >= 11 is 0. The summed E-state index contributed by atoms with van der Waals surface area (Å²) in [6, 6.07) is 2.26. The summed E-state index contributed by atoms with van der Waals surface area (Å²) in [5.41, 5.74) is -0.668. The van der Waals surface area contributed by atoms with Crippen LogP contribution in [0, 0.1) is 17.7 Å². The molecule has 0 radical (unpaired) electrons. The van der Waals surface area contributed by atoms with Crippen LogP contribution >= 0.6 is 0 Å². The molecule has 2 fully saturated rings. The number of hydrogen-bond donors (Lipinski definition) is 4. The van der Waals surface area contributed by atoms with Gasteiger partial charge in [-0.3, -0.25) is 14.4 Å². The topological polar surface area (TPSA) is 152 Å². The third kappa shape index (κ3) is 10.3. The highest BCUT2D eigenvalue weighted by Crippen LogP contribution is 2.34. The van der Waals surface area contributed by atoms with E-state index in [1.54, 1.807) is 20.8 Å². The molecule has 232 valence electrons. The van der Waals surface area contributed by atoms with Crippen molar-refractivity contribution in [3.05, 3.63) is 35.6 Å². The zero-order valence-corrected chi connectivity index (χ0v) is 25.2. The Bertz CT molecular complexity index is 1160. The fourth-order valence-corrected chi connectivity index (χ4v) is 5.00. The van der Waals surface area contributed by atoms with Crippen molar-refractivity contribution in [2.45, 2.75) is 102 Å². The lowest BCUT2D eigenvalue weighted by atomic mass is 9.91. The molecule has 1 aliphatic heterocycles. The molecule has 4 amide bonds. The number of amides is 4. The molecule has 11 nitrogen and oxygen atoms in total. The van der Waals surface area contributed by atoms with Crippen molar-refractivity contribution in [1.82, 2.24) is 21.3 Å². The Morgan fingerprint density at radius 3 is 2.10 bits per heavy atom. The molecular formula is C30H43FN4O7. The van der Waals surface area contributed by atoms with Gasteiger partial charge < -0.3 is 30.7 Å². The summed E-state index contributed by atoms with van der Waals surface area (Å²) in [6.07, 6.45) is 1.85. The molecule has 2 aliphatic rings. The number of carbonyl (C=O) groups excluding carboxylic acids is 5. The minimum Gasteiger partial charge on any atom is -0.467 e. The molecule has 1 aromatic carbocycles. The van der Waals surface area contributed by atoms with Gasteiger partial charge in [-0.05, 0) is 77.5 Å². The quantitative estimate of drug-likeness (QED) is 0.273. The van der Waals surface area contributed by atoms with Gasteiger partial charge in [0.2, 0.25) is 17.7 Å². The van der Waals surface area contributed by atoms with E-state index in [9.17, 15) is 28.4 Å². The Hall–Kier alpha value is -3.70. The highest BCUT2D eigenvalue weighted by atomic mass is 19.1. The molecular weight excluding hydrogens is 547 g/mol. The van der Waals surface area contributed by atoms with Crippen molar-refractivity contribution in [2.75, 3.05) is 7.11 Å². The zero-order valence-electron chi connectivity index (χ0n) is 25.2. The molecule has 1 saturated carbocycles. The second-order valence-corrected chi connectivity index (χ2v) is 12.9. The molecule has 1 aliphatic carbocycles. The van der Waals surface area contributed by atoms with Gasteiger partial charge in [-0.15, -0.1) is 0 Å². The van der Waals surface area contributed by atoms with Crippen LogP contribution in [0.2, 0.25) is 0 Å². The van der Waals surface area contributed by atoms with Gasteiger partial charge in [0.15, 0.2) is 0 Å². The maximum absolute atomic E-state index is 13.5. The molecule has 0 unspecified atom stereocenters. The van der Waals surface area contributed by atoms with Crippen molar-refractivity contribution in [1.29, 1.82) is 0 Å². The molecule has 0 bridgehead atoms. The molecule has 12 heteroatoms. The van der Waals surface area contributed by atoms with Crippen molar-refractivity contribution >= 4 is 29.8 Å². The first kappa shape index (κ1) is 32.8. The maximum Gasteiger partial charge on any atom is 0.408 e. The summed E-state index contributed by atoms with van der Waals surface area (Å²) in [6.45, 7) is 8.82. The van der Waals surface area contributed by atoms with Crippen molar-refractivity contribution < 1.29 is 37.8 Å². The van der Waals surface area contributed by atoms with Crippen LogP contribution in [0.25, 0.3) is 0 Å². The number of halogens is 1. The first-order valence-corrected chi connectivity index (χ1v) is 14.3. The van der Waals surface area contributed by atoms with Crippen LogP contribution in [-0.4, -0.2) is 66.2 Å². The van der Waals surface area contributed by atoms with E-state index in [4.69, 9.17) is 9.47 Å². The predicted octanol–water partition coefficient (Wildman–Crippen LogP) is 2.51. The van der Waals surface area contributed by atoms with E-state index < -0.39 is 64.9 Å².